The summed E-state index contributed by atoms with van der Waals surface area (Å²) in [6, 6.07) is 19.1. The maximum Gasteiger partial charge on any atom is 0.137 e. The van der Waals surface area contributed by atoms with Crippen molar-refractivity contribution in [2.45, 2.75) is 13.1 Å². The molecular formula is C23H27N5. The number of likely N-dealkylation sites (N-methyl/N-ethyl adjacent to an activating group) is 1. The number of nitrogens with zero attached hydrogens (tertiary/aromatic N) is 4. The van der Waals surface area contributed by atoms with Crippen LogP contribution in [0.25, 0.3) is 11.1 Å². The van der Waals surface area contributed by atoms with Crippen molar-refractivity contribution < 1.29 is 0 Å². The third kappa shape index (κ3) is 4.74. The van der Waals surface area contributed by atoms with Gasteiger partial charge in [0.15, 0.2) is 0 Å². The van der Waals surface area contributed by atoms with Crippen molar-refractivity contribution in [2.75, 3.05) is 38.5 Å². The number of aromatic nitrogens is 2. The molecule has 0 atom stereocenters. The molecule has 0 aliphatic carbocycles. The Labute approximate surface area is 167 Å². The lowest BCUT2D eigenvalue weighted by atomic mass is 10.1. The minimum Gasteiger partial charge on any atom is -0.365 e. The van der Waals surface area contributed by atoms with E-state index in [2.05, 4.69) is 68.5 Å². The van der Waals surface area contributed by atoms with Crippen LogP contribution in [0.15, 0.2) is 67.1 Å². The second-order valence-corrected chi connectivity index (χ2v) is 7.40. The summed E-state index contributed by atoms with van der Waals surface area (Å²) in [7, 11) is 2.19. The summed E-state index contributed by atoms with van der Waals surface area (Å²) in [5, 5.41) is 3.49. The first kappa shape index (κ1) is 18.6. The van der Waals surface area contributed by atoms with Gasteiger partial charge in [0.2, 0.25) is 0 Å². The van der Waals surface area contributed by atoms with Gasteiger partial charge in [0.25, 0.3) is 0 Å². The van der Waals surface area contributed by atoms with Gasteiger partial charge in [-0.05, 0) is 23.7 Å². The molecule has 2 aromatic carbocycles. The summed E-state index contributed by atoms with van der Waals surface area (Å²) < 4.78 is 0. The average molecular weight is 374 g/mol. The molecule has 0 amide bonds. The van der Waals surface area contributed by atoms with Gasteiger partial charge in [-0.25, -0.2) is 9.97 Å². The highest BCUT2D eigenvalue weighted by atomic mass is 15.2. The first-order valence-electron chi connectivity index (χ1n) is 9.86. The minimum absolute atomic E-state index is 0.743. The number of benzene rings is 2. The molecule has 3 aromatic rings. The van der Waals surface area contributed by atoms with E-state index in [4.69, 9.17) is 0 Å². The molecule has 0 unspecified atom stereocenters. The molecule has 0 radical (unpaired) electrons. The summed E-state index contributed by atoms with van der Waals surface area (Å²) in [5.74, 6) is 0.866. The van der Waals surface area contributed by atoms with Crippen LogP contribution in [0, 0.1) is 0 Å². The molecule has 0 bridgehead atoms. The molecule has 5 nitrogen and oxygen atoms in total. The lowest BCUT2D eigenvalue weighted by Crippen LogP contribution is -2.43. The van der Waals surface area contributed by atoms with Crippen LogP contribution in [0.4, 0.5) is 5.82 Å². The number of nitrogens with one attached hydrogen (secondary N) is 1. The van der Waals surface area contributed by atoms with Crippen LogP contribution in [0.5, 0.6) is 0 Å². The monoisotopic (exact) mass is 373 g/mol. The number of anilines is 1. The summed E-state index contributed by atoms with van der Waals surface area (Å²) in [6.45, 7) is 6.34. The molecule has 28 heavy (non-hydrogen) atoms. The van der Waals surface area contributed by atoms with Gasteiger partial charge in [-0.1, -0.05) is 54.6 Å². The van der Waals surface area contributed by atoms with Crippen molar-refractivity contribution in [2.24, 2.45) is 0 Å². The first-order chi connectivity index (χ1) is 13.8. The summed E-state index contributed by atoms with van der Waals surface area (Å²) in [5.41, 5.74) is 4.78. The third-order valence-corrected chi connectivity index (χ3v) is 5.25. The highest BCUT2D eigenvalue weighted by Gasteiger charge is 2.14. The lowest BCUT2D eigenvalue weighted by Gasteiger charge is -2.32. The zero-order valence-corrected chi connectivity index (χ0v) is 16.4. The Balaban J connectivity index is 1.42. The molecule has 0 spiro atoms. The number of piperazine rings is 1. The van der Waals surface area contributed by atoms with E-state index in [1.165, 1.54) is 11.1 Å². The Morgan fingerprint density at radius 3 is 2.54 bits per heavy atom. The standard InChI is InChI=1S/C23H27N5/c1-27-10-12-28(13-11-27)17-20-7-5-6-19(14-20)15-25-23-22(16-24-18-26-23)21-8-3-2-4-9-21/h2-9,14,16,18H,10-13,15,17H2,1H3,(H,24,25,26). The highest BCUT2D eigenvalue weighted by Crippen LogP contribution is 2.25. The fraction of sp³-hybridized carbons (Fsp3) is 0.304. The zero-order valence-electron chi connectivity index (χ0n) is 16.4. The summed E-state index contributed by atoms with van der Waals surface area (Å²) >= 11 is 0. The topological polar surface area (TPSA) is 44.3 Å². The Kier molecular flexibility index (Phi) is 5.95. The summed E-state index contributed by atoms with van der Waals surface area (Å²) in [6.07, 6.45) is 3.47. The Morgan fingerprint density at radius 1 is 0.929 bits per heavy atom. The van der Waals surface area contributed by atoms with Gasteiger partial charge in [0, 0.05) is 51.0 Å². The molecule has 4 rings (SSSR count). The number of hydrogen-bond acceptors (Lipinski definition) is 5. The van der Waals surface area contributed by atoms with Crippen molar-refractivity contribution in [1.82, 2.24) is 19.8 Å². The third-order valence-electron chi connectivity index (χ3n) is 5.25. The van der Waals surface area contributed by atoms with E-state index in [9.17, 15) is 0 Å². The second-order valence-electron chi connectivity index (χ2n) is 7.40. The maximum atomic E-state index is 4.46. The molecule has 144 valence electrons. The van der Waals surface area contributed by atoms with Crippen LogP contribution >= 0.6 is 0 Å². The Bertz CT molecular complexity index is 888. The van der Waals surface area contributed by atoms with Crippen LogP contribution in [0.1, 0.15) is 11.1 Å². The molecular weight excluding hydrogens is 346 g/mol. The van der Waals surface area contributed by atoms with Crippen molar-refractivity contribution in [3.63, 3.8) is 0 Å². The number of hydrogen-bond donors (Lipinski definition) is 1. The second kappa shape index (κ2) is 8.95. The van der Waals surface area contributed by atoms with Crippen LogP contribution in [0.2, 0.25) is 0 Å². The molecule has 1 aliphatic heterocycles. The van der Waals surface area contributed by atoms with Gasteiger partial charge >= 0.3 is 0 Å². The van der Waals surface area contributed by atoms with Gasteiger partial charge in [-0.2, -0.15) is 0 Å². The van der Waals surface area contributed by atoms with E-state index in [0.717, 1.165) is 56.2 Å². The highest BCUT2D eigenvalue weighted by molar-refractivity contribution is 5.74. The molecule has 1 aromatic heterocycles. The van der Waals surface area contributed by atoms with Crippen molar-refractivity contribution in [3.05, 3.63) is 78.2 Å². The summed E-state index contributed by atoms with van der Waals surface area (Å²) in [4.78, 5) is 13.6. The predicted octanol–water partition coefficient (Wildman–Crippen LogP) is 3.50. The van der Waals surface area contributed by atoms with Crippen molar-refractivity contribution in [1.29, 1.82) is 0 Å². The van der Waals surface area contributed by atoms with E-state index in [-0.39, 0.29) is 0 Å². The molecule has 1 fully saturated rings. The molecule has 0 saturated carbocycles. The van der Waals surface area contributed by atoms with Crippen molar-refractivity contribution in [3.8, 4) is 11.1 Å². The zero-order chi connectivity index (χ0) is 19.2. The van der Waals surface area contributed by atoms with Gasteiger partial charge in [-0.15, -0.1) is 0 Å². The molecule has 5 heteroatoms. The SMILES string of the molecule is CN1CCN(Cc2cccc(CNc3ncncc3-c3ccccc3)c2)CC1. The Hall–Kier alpha value is -2.76. The van der Waals surface area contributed by atoms with Gasteiger partial charge in [0.05, 0.1) is 0 Å². The quantitative estimate of drug-likeness (QED) is 0.716. The predicted molar refractivity (Wildman–Crippen MR) is 114 cm³/mol. The fourth-order valence-corrected chi connectivity index (χ4v) is 3.59. The van der Waals surface area contributed by atoms with E-state index >= 15 is 0 Å². The van der Waals surface area contributed by atoms with Gasteiger partial charge in [0.1, 0.15) is 12.1 Å². The van der Waals surface area contributed by atoms with Crippen LogP contribution < -0.4 is 5.32 Å². The normalized spacial score (nSPS) is 15.5. The number of rotatable bonds is 6. The van der Waals surface area contributed by atoms with Crippen LogP contribution in [0.3, 0.4) is 0 Å². The van der Waals surface area contributed by atoms with E-state index in [1.807, 2.05) is 24.4 Å². The molecule has 2 heterocycles. The van der Waals surface area contributed by atoms with Crippen LogP contribution in [-0.2, 0) is 13.1 Å². The minimum atomic E-state index is 0.743. The van der Waals surface area contributed by atoms with E-state index in [1.54, 1.807) is 6.33 Å². The largest absolute Gasteiger partial charge is 0.365 e. The molecule has 1 N–H and O–H groups in total. The molecule has 1 aliphatic rings. The lowest BCUT2D eigenvalue weighted by molar-refractivity contribution is 0.148. The van der Waals surface area contributed by atoms with Gasteiger partial charge < -0.3 is 10.2 Å². The van der Waals surface area contributed by atoms with Crippen molar-refractivity contribution >= 4 is 5.82 Å². The van der Waals surface area contributed by atoms with E-state index < -0.39 is 0 Å². The van der Waals surface area contributed by atoms with Crippen LogP contribution in [-0.4, -0.2) is 53.0 Å². The first-order valence-corrected chi connectivity index (χ1v) is 9.86. The van der Waals surface area contributed by atoms with E-state index in [0.29, 0.717) is 0 Å². The fourth-order valence-electron chi connectivity index (χ4n) is 3.59. The van der Waals surface area contributed by atoms with Gasteiger partial charge in [-0.3, -0.25) is 4.90 Å². The Morgan fingerprint density at radius 2 is 1.71 bits per heavy atom. The smallest absolute Gasteiger partial charge is 0.137 e. The maximum absolute atomic E-state index is 4.46. The average Bonchev–Trinajstić information content (AvgIpc) is 2.75. The molecule has 1 saturated heterocycles.